The highest BCUT2D eigenvalue weighted by Gasteiger charge is 2.32. The quantitative estimate of drug-likeness (QED) is 0.421. The van der Waals surface area contributed by atoms with Crippen LogP contribution in [0, 0.1) is 0 Å². The molecule has 0 aromatic heterocycles. The Kier molecular flexibility index (Phi) is 9.78. The Morgan fingerprint density at radius 1 is 1.32 bits per heavy atom. The summed E-state index contributed by atoms with van der Waals surface area (Å²) in [5.74, 6) is 0.537. The largest absolute Gasteiger partial charge is 0.373 e. The monoisotopic (exact) mass is 383 g/mol. The van der Waals surface area contributed by atoms with Crippen molar-refractivity contribution in [2.45, 2.75) is 70.9 Å². The molecule has 0 aromatic carbocycles. The van der Waals surface area contributed by atoms with Crippen LogP contribution in [0.15, 0.2) is 4.99 Å². The van der Waals surface area contributed by atoms with E-state index >= 15 is 0 Å². The highest BCUT2D eigenvalue weighted by molar-refractivity contribution is 14.0. The second kappa shape index (κ2) is 9.80. The Balaban J connectivity index is 0.00000324. The number of nitrogens with two attached hydrogens (primary N) is 1. The molecular formula is C14H30IN3O. The van der Waals surface area contributed by atoms with Gasteiger partial charge in [0.2, 0.25) is 0 Å². The highest BCUT2D eigenvalue weighted by atomic mass is 127. The third kappa shape index (κ3) is 7.34. The first kappa shape index (κ1) is 19.0. The van der Waals surface area contributed by atoms with Crippen LogP contribution < -0.4 is 11.1 Å². The van der Waals surface area contributed by atoms with E-state index in [0.29, 0.717) is 18.5 Å². The topological polar surface area (TPSA) is 59.6 Å². The molecule has 4 nitrogen and oxygen atoms in total. The lowest BCUT2D eigenvalue weighted by Gasteiger charge is -2.36. The van der Waals surface area contributed by atoms with Gasteiger partial charge in [-0.2, -0.15) is 0 Å². The Bertz CT molecular complexity index is 263. The van der Waals surface area contributed by atoms with E-state index in [2.05, 4.69) is 31.1 Å². The van der Waals surface area contributed by atoms with Gasteiger partial charge in [0.15, 0.2) is 5.96 Å². The highest BCUT2D eigenvalue weighted by Crippen LogP contribution is 2.32. The molecule has 0 atom stereocenters. The van der Waals surface area contributed by atoms with Gasteiger partial charge in [-0.15, -0.1) is 24.0 Å². The van der Waals surface area contributed by atoms with E-state index in [-0.39, 0.29) is 29.6 Å². The SMILES string of the molecule is CCCOC1(CN=C(N)NC(C)C)CCCCC1.I. The molecule has 0 aliphatic heterocycles. The van der Waals surface area contributed by atoms with Crippen LogP contribution in [-0.4, -0.2) is 30.8 Å². The van der Waals surface area contributed by atoms with Crippen molar-refractivity contribution < 1.29 is 4.74 Å². The first-order valence-corrected chi connectivity index (χ1v) is 7.28. The van der Waals surface area contributed by atoms with Gasteiger partial charge in [-0.3, -0.25) is 4.99 Å². The molecular weight excluding hydrogens is 353 g/mol. The Morgan fingerprint density at radius 3 is 2.47 bits per heavy atom. The first-order chi connectivity index (χ1) is 8.58. The first-order valence-electron chi connectivity index (χ1n) is 7.28. The van der Waals surface area contributed by atoms with Crippen LogP contribution in [0.2, 0.25) is 0 Å². The van der Waals surface area contributed by atoms with Gasteiger partial charge in [0.05, 0.1) is 12.1 Å². The standard InChI is InChI=1S/C14H29N3O.HI/c1-4-10-18-14(8-6-5-7-9-14)11-16-13(15)17-12(2)3;/h12H,4-11H2,1-3H3,(H3,15,16,17);1H. The van der Waals surface area contributed by atoms with E-state index in [9.17, 15) is 0 Å². The van der Waals surface area contributed by atoms with Gasteiger partial charge >= 0.3 is 0 Å². The van der Waals surface area contributed by atoms with Gasteiger partial charge in [0, 0.05) is 12.6 Å². The molecule has 1 rings (SSSR count). The molecule has 0 amide bonds. The van der Waals surface area contributed by atoms with E-state index in [1.54, 1.807) is 0 Å². The van der Waals surface area contributed by atoms with Crippen molar-refractivity contribution in [1.82, 2.24) is 5.32 Å². The number of nitrogens with zero attached hydrogens (tertiary/aromatic N) is 1. The Morgan fingerprint density at radius 2 is 1.95 bits per heavy atom. The molecule has 3 N–H and O–H groups in total. The number of guanidine groups is 1. The number of nitrogens with one attached hydrogen (secondary N) is 1. The molecule has 1 saturated carbocycles. The summed E-state index contributed by atoms with van der Waals surface area (Å²) >= 11 is 0. The van der Waals surface area contributed by atoms with Crippen LogP contribution in [-0.2, 0) is 4.74 Å². The average molecular weight is 383 g/mol. The number of aliphatic imine (C=N–C) groups is 1. The third-order valence-corrected chi connectivity index (χ3v) is 3.35. The summed E-state index contributed by atoms with van der Waals surface area (Å²) in [7, 11) is 0. The maximum atomic E-state index is 6.08. The zero-order chi connectivity index (χ0) is 13.4. The smallest absolute Gasteiger partial charge is 0.188 e. The summed E-state index contributed by atoms with van der Waals surface area (Å²) in [5, 5.41) is 3.13. The predicted molar refractivity (Wildman–Crippen MR) is 92.2 cm³/mol. The molecule has 0 saturated heterocycles. The number of halogens is 1. The van der Waals surface area contributed by atoms with E-state index in [0.717, 1.165) is 25.9 Å². The van der Waals surface area contributed by atoms with Crippen LogP contribution >= 0.6 is 24.0 Å². The molecule has 0 unspecified atom stereocenters. The van der Waals surface area contributed by atoms with Crippen molar-refractivity contribution in [3.63, 3.8) is 0 Å². The second-order valence-corrected chi connectivity index (χ2v) is 5.59. The molecule has 1 fully saturated rings. The van der Waals surface area contributed by atoms with Gasteiger partial charge < -0.3 is 15.8 Å². The summed E-state index contributed by atoms with van der Waals surface area (Å²) < 4.78 is 6.08. The summed E-state index contributed by atoms with van der Waals surface area (Å²) in [6, 6.07) is 0.326. The molecule has 5 heteroatoms. The molecule has 1 aliphatic carbocycles. The zero-order valence-corrected chi connectivity index (χ0v) is 14.9. The van der Waals surface area contributed by atoms with E-state index < -0.39 is 0 Å². The lowest BCUT2D eigenvalue weighted by Crippen LogP contribution is -2.42. The Hall–Kier alpha value is -0.0400. The minimum Gasteiger partial charge on any atom is -0.373 e. The van der Waals surface area contributed by atoms with Gasteiger partial charge in [-0.1, -0.05) is 26.2 Å². The van der Waals surface area contributed by atoms with Crippen molar-refractivity contribution in [1.29, 1.82) is 0 Å². The minimum absolute atomic E-state index is 0. The van der Waals surface area contributed by atoms with Crippen LogP contribution in [0.1, 0.15) is 59.3 Å². The second-order valence-electron chi connectivity index (χ2n) is 5.59. The van der Waals surface area contributed by atoms with Crippen LogP contribution in [0.4, 0.5) is 0 Å². The summed E-state index contributed by atoms with van der Waals surface area (Å²) in [4.78, 5) is 4.47. The van der Waals surface area contributed by atoms with E-state index in [1.165, 1.54) is 19.3 Å². The molecule has 0 aromatic rings. The maximum absolute atomic E-state index is 6.08. The molecule has 1 aliphatic rings. The zero-order valence-electron chi connectivity index (χ0n) is 12.6. The number of hydrogen-bond donors (Lipinski definition) is 2. The van der Waals surface area contributed by atoms with Gasteiger partial charge in [0.25, 0.3) is 0 Å². The maximum Gasteiger partial charge on any atom is 0.188 e. The average Bonchev–Trinajstić information content (AvgIpc) is 2.35. The fourth-order valence-electron chi connectivity index (χ4n) is 2.43. The van der Waals surface area contributed by atoms with Crippen molar-refractivity contribution in [2.75, 3.05) is 13.2 Å². The molecule has 0 heterocycles. The van der Waals surface area contributed by atoms with Crippen molar-refractivity contribution in [3.8, 4) is 0 Å². The lowest BCUT2D eigenvalue weighted by atomic mass is 9.84. The Labute approximate surface area is 135 Å². The molecule has 0 bridgehead atoms. The van der Waals surface area contributed by atoms with Gasteiger partial charge in [0.1, 0.15) is 0 Å². The van der Waals surface area contributed by atoms with Gasteiger partial charge in [-0.25, -0.2) is 0 Å². The van der Waals surface area contributed by atoms with Gasteiger partial charge in [-0.05, 0) is 33.1 Å². The third-order valence-electron chi connectivity index (χ3n) is 3.35. The lowest BCUT2D eigenvalue weighted by molar-refractivity contribution is -0.0624. The summed E-state index contributed by atoms with van der Waals surface area (Å²) in [6.07, 6.45) is 7.11. The molecule has 114 valence electrons. The molecule has 0 spiro atoms. The molecule has 0 radical (unpaired) electrons. The summed E-state index contributed by atoms with van der Waals surface area (Å²) in [6.45, 7) is 7.79. The normalized spacial score (nSPS) is 19.1. The fourth-order valence-corrected chi connectivity index (χ4v) is 2.43. The van der Waals surface area contributed by atoms with Crippen molar-refractivity contribution in [2.24, 2.45) is 10.7 Å². The van der Waals surface area contributed by atoms with Crippen molar-refractivity contribution >= 4 is 29.9 Å². The van der Waals surface area contributed by atoms with Crippen molar-refractivity contribution in [3.05, 3.63) is 0 Å². The minimum atomic E-state index is -0.0580. The van der Waals surface area contributed by atoms with Crippen LogP contribution in [0.5, 0.6) is 0 Å². The van der Waals surface area contributed by atoms with Crippen LogP contribution in [0.25, 0.3) is 0 Å². The predicted octanol–water partition coefficient (Wildman–Crippen LogP) is 3.05. The number of hydrogen-bond acceptors (Lipinski definition) is 2. The summed E-state index contributed by atoms with van der Waals surface area (Å²) in [5.41, 5.74) is 5.80. The van der Waals surface area contributed by atoms with E-state index in [1.807, 2.05) is 0 Å². The van der Waals surface area contributed by atoms with Crippen LogP contribution in [0.3, 0.4) is 0 Å². The fraction of sp³-hybridized carbons (Fsp3) is 0.929. The number of ether oxygens (including phenoxy) is 1. The number of rotatable bonds is 6. The molecule has 19 heavy (non-hydrogen) atoms. The van der Waals surface area contributed by atoms with E-state index in [4.69, 9.17) is 10.5 Å².